The molecule has 0 atom stereocenters. The molecule has 0 aliphatic heterocycles. The molecular formula is C15H17NO2S. The van der Waals surface area contributed by atoms with E-state index in [1.807, 2.05) is 52.0 Å². The first-order valence-electron chi connectivity index (χ1n) is 6.12. The van der Waals surface area contributed by atoms with Crippen molar-refractivity contribution >= 4 is 17.5 Å². The summed E-state index contributed by atoms with van der Waals surface area (Å²) in [4.78, 5) is 12.4. The number of hydrogen-bond donors (Lipinski definition) is 0. The van der Waals surface area contributed by atoms with Gasteiger partial charge in [-0.1, -0.05) is 29.8 Å². The van der Waals surface area contributed by atoms with Gasteiger partial charge in [0.15, 0.2) is 0 Å². The standard InChI is InChI=1S/C15H17NO2S/c1-10-5-7-11(8-6-10)12-9-13(19-16-12)14(17)18-15(2,3)4/h5-9H,1-4H3. The van der Waals surface area contributed by atoms with Gasteiger partial charge < -0.3 is 4.74 Å². The summed E-state index contributed by atoms with van der Waals surface area (Å²) in [7, 11) is 0. The molecule has 0 spiro atoms. The summed E-state index contributed by atoms with van der Waals surface area (Å²) in [5, 5.41) is 0. The lowest BCUT2D eigenvalue weighted by atomic mass is 10.1. The maximum absolute atomic E-state index is 11.9. The minimum atomic E-state index is -0.481. The van der Waals surface area contributed by atoms with E-state index in [1.165, 1.54) is 17.1 Å². The Hall–Kier alpha value is -1.68. The third-order valence-corrected chi connectivity index (χ3v) is 3.23. The second kappa shape index (κ2) is 5.13. The molecule has 0 N–H and O–H groups in total. The summed E-state index contributed by atoms with van der Waals surface area (Å²) < 4.78 is 9.63. The number of carbonyl (C=O) groups is 1. The van der Waals surface area contributed by atoms with E-state index in [-0.39, 0.29) is 5.97 Å². The van der Waals surface area contributed by atoms with Gasteiger partial charge in [0.1, 0.15) is 10.5 Å². The lowest BCUT2D eigenvalue weighted by molar-refractivity contribution is 0.00753. The van der Waals surface area contributed by atoms with Crippen molar-refractivity contribution in [1.82, 2.24) is 4.37 Å². The zero-order chi connectivity index (χ0) is 14.0. The van der Waals surface area contributed by atoms with Crippen LogP contribution in [0.5, 0.6) is 0 Å². The van der Waals surface area contributed by atoms with Crippen molar-refractivity contribution in [2.45, 2.75) is 33.3 Å². The fraction of sp³-hybridized carbons (Fsp3) is 0.333. The van der Waals surface area contributed by atoms with Crippen molar-refractivity contribution in [3.05, 3.63) is 40.8 Å². The SMILES string of the molecule is Cc1ccc(-c2cc(C(=O)OC(C)(C)C)sn2)cc1. The summed E-state index contributed by atoms with van der Waals surface area (Å²) in [6.45, 7) is 7.60. The highest BCUT2D eigenvalue weighted by Crippen LogP contribution is 2.24. The highest BCUT2D eigenvalue weighted by atomic mass is 32.1. The van der Waals surface area contributed by atoms with Crippen LogP contribution in [0.4, 0.5) is 0 Å². The first kappa shape index (κ1) is 13.7. The minimum Gasteiger partial charge on any atom is -0.456 e. The molecule has 2 rings (SSSR count). The van der Waals surface area contributed by atoms with Crippen molar-refractivity contribution in [2.75, 3.05) is 0 Å². The van der Waals surface area contributed by atoms with Gasteiger partial charge in [0, 0.05) is 5.56 Å². The molecule has 0 aliphatic carbocycles. The third-order valence-electron chi connectivity index (χ3n) is 2.46. The van der Waals surface area contributed by atoms with E-state index in [9.17, 15) is 4.79 Å². The second-order valence-electron chi connectivity index (χ2n) is 5.44. The Kier molecular flexibility index (Phi) is 3.71. The van der Waals surface area contributed by atoms with Crippen molar-refractivity contribution in [3.63, 3.8) is 0 Å². The monoisotopic (exact) mass is 275 g/mol. The van der Waals surface area contributed by atoms with E-state index in [1.54, 1.807) is 6.07 Å². The van der Waals surface area contributed by atoms with Crippen molar-refractivity contribution in [2.24, 2.45) is 0 Å². The van der Waals surface area contributed by atoms with Crippen LogP contribution < -0.4 is 0 Å². The predicted octanol–water partition coefficient (Wildman–Crippen LogP) is 4.07. The van der Waals surface area contributed by atoms with E-state index in [4.69, 9.17) is 4.74 Å². The van der Waals surface area contributed by atoms with Crippen LogP contribution in [0.25, 0.3) is 11.3 Å². The highest BCUT2D eigenvalue weighted by molar-refractivity contribution is 7.08. The second-order valence-corrected chi connectivity index (χ2v) is 6.25. The van der Waals surface area contributed by atoms with Crippen LogP contribution >= 0.6 is 11.5 Å². The molecule has 0 saturated carbocycles. The maximum Gasteiger partial charge on any atom is 0.350 e. The molecule has 4 heteroatoms. The average molecular weight is 275 g/mol. The van der Waals surface area contributed by atoms with Crippen LogP contribution in [0.1, 0.15) is 36.0 Å². The predicted molar refractivity (Wildman–Crippen MR) is 77.5 cm³/mol. The lowest BCUT2D eigenvalue weighted by Crippen LogP contribution is -2.23. The molecule has 0 saturated heterocycles. The van der Waals surface area contributed by atoms with Gasteiger partial charge in [-0.05, 0) is 45.3 Å². The number of benzene rings is 1. The maximum atomic E-state index is 11.9. The molecule has 19 heavy (non-hydrogen) atoms. The van der Waals surface area contributed by atoms with Gasteiger partial charge in [0.05, 0.1) is 5.69 Å². The number of ether oxygens (including phenoxy) is 1. The number of nitrogens with zero attached hydrogens (tertiary/aromatic N) is 1. The summed E-state index contributed by atoms with van der Waals surface area (Å²) in [5.41, 5.74) is 2.54. The smallest absolute Gasteiger partial charge is 0.350 e. The summed E-state index contributed by atoms with van der Waals surface area (Å²) in [5.74, 6) is -0.316. The molecule has 0 radical (unpaired) electrons. The van der Waals surface area contributed by atoms with E-state index in [0.717, 1.165) is 11.3 Å². The van der Waals surface area contributed by atoms with Gasteiger partial charge in [0.2, 0.25) is 0 Å². The van der Waals surface area contributed by atoms with Gasteiger partial charge >= 0.3 is 5.97 Å². The Morgan fingerprint density at radius 2 is 1.84 bits per heavy atom. The molecule has 1 aromatic heterocycles. The number of aryl methyl sites for hydroxylation is 1. The molecule has 1 heterocycles. The molecule has 0 fully saturated rings. The van der Waals surface area contributed by atoms with Crippen LogP contribution in [-0.2, 0) is 4.74 Å². The minimum absolute atomic E-state index is 0.316. The van der Waals surface area contributed by atoms with Crippen LogP contribution in [0.2, 0.25) is 0 Å². The Labute approximate surface area is 117 Å². The first-order valence-corrected chi connectivity index (χ1v) is 6.89. The summed E-state index contributed by atoms with van der Waals surface area (Å²) in [6, 6.07) is 9.85. The van der Waals surface area contributed by atoms with Gasteiger partial charge in [-0.3, -0.25) is 0 Å². The van der Waals surface area contributed by atoms with E-state index in [0.29, 0.717) is 4.88 Å². The van der Waals surface area contributed by atoms with Gasteiger partial charge in [-0.15, -0.1) is 0 Å². The fourth-order valence-electron chi connectivity index (χ4n) is 1.56. The molecule has 0 amide bonds. The van der Waals surface area contributed by atoms with Crippen LogP contribution in [0, 0.1) is 6.92 Å². The molecule has 1 aromatic carbocycles. The van der Waals surface area contributed by atoms with Gasteiger partial charge in [-0.25, -0.2) is 4.79 Å². The number of aromatic nitrogens is 1. The Bertz CT molecular complexity index is 579. The highest BCUT2D eigenvalue weighted by Gasteiger charge is 2.20. The fourth-order valence-corrected chi connectivity index (χ4v) is 2.20. The number of rotatable bonds is 2. The number of hydrogen-bond acceptors (Lipinski definition) is 4. The molecule has 2 aromatic rings. The normalized spacial score (nSPS) is 11.4. The van der Waals surface area contributed by atoms with E-state index >= 15 is 0 Å². The molecule has 100 valence electrons. The molecule has 3 nitrogen and oxygen atoms in total. The van der Waals surface area contributed by atoms with Crippen molar-refractivity contribution in [1.29, 1.82) is 0 Å². The van der Waals surface area contributed by atoms with Crippen LogP contribution in [0.15, 0.2) is 30.3 Å². The molecule has 0 bridgehead atoms. The third kappa shape index (κ3) is 3.64. The Balaban J connectivity index is 2.19. The topological polar surface area (TPSA) is 39.2 Å². The van der Waals surface area contributed by atoms with Gasteiger partial charge in [-0.2, -0.15) is 4.37 Å². The number of esters is 1. The summed E-state index contributed by atoms with van der Waals surface area (Å²) in [6.07, 6.45) is 0. The Morgan fingerprint density at radius 3 is 2.42 bits per heavy atom. The van der Waals surface area contributed by atoms with Crippen LogP contribution in [0.3, 0.4) is 0 Å². The molecule has 0 aliphatic rings. The number of carbonyl (C=O) groups excluding carboxylic acids is 1. The van der Waals surface area contributed by atoms with E-state index in [2.05, 4.69) is 4.37 Å². The van der Waals surface area contributed by atoms with Crippen molar-refractivity contribution < 1.29 is 9.53 Å². The van der Waals surface area contributed by atoms with Crippen molar-refractivity contribution in [3.8, 4) is 11.3 Å². The van der Waals surface area contributed by atoms with E-state index < -0.39 is 5.60 Å². The Morgan fingerprint density at radius 1 is 1.21 bits per heavy atom. The quantitative estimate of drug-likeness (QED) is 0.775. The summed E-state index contributed by atoms with van der Waals surface area (Å²) >= 11 is 1.17. The zero-order valence-corrected chi connectivity index (χ0v) is 12.4. The molecule has 0 unspecified atom stereocenters. The largest absolute Gasteiger partial charge is 0.456 e. The van der Waals surface area contributed by atoms with Crippen LogP contribution in [-0.4, -0.2) is 15.9 Å². The zero-order valence-electron chi connectivity index (χ0n) is 11.6. The molecular weight excluding hydrogens is 258 g/mol. The lowest BCUT2D eigenvalue weighted by Gasteiger charge is -2.18. The average Bonchev–Trinajstić information content (AvgIpc) is 2.77. The van der Waals surface area contributed by atoms with Gasteiger partial charge in [0.25, 0.3) is 0 Å². The first-order chi connectivity index (χ1) is 8.85.